The number of benzene rings is 1. The Labute approximate surface area is 125 Å². The van der Waals surface area contributed by atoms with E-state index in [0.717, 1.165) is 42.7 Å². The van der Waals surface area contributed by atoms with E-state index in [9.17, 15) is 13.2 Å². The number of sulfone groups is 1. The fraction of sp³-hybridized carbons (Fsp3) is 0.533. The maximum Gasteiger partial charge on any atom is 0.223 e. The number of carbonyl (C=O) groups excluding carboxylic acids is 1. The quantitative estimate of drug-likeness (QED) is 0.901. The van der Waals surface area contributed by atoms with Gasteiger partial charge in [0.2, 0.25) is 5.91 Å². The van der Waals surface area contributed by atoms with Gasteiger partial charge in [0.1, 0.15) is 0 Å². The van der Waals surface area contributed by atoms with Crippen molar-refractivity contribution in [1.29, 1.82) is 0 Å². The van der Waals surface area contributed by atoms with Gasteiger partial charge in [-0.05, 0) is 43.0 Å². The Morgan fingerprint density at radius 2 is 2.19 bits per heavy atom. The van der Waals surface area contributed by atoms with Crippen molar-refractivity contribution in [2.75, 3.05) is 28.3 Å². The minimum Gasteiger partial charge on any atom is -0.381 e. The number of nitrogens with one attached hydrogen (secondary N) is 1. The van der Waals surface area contributed by atoms with Gasteiger partial charge in [0.15, 0.2) is 9.84 Å². The van der Waals surface area contributed by atoms with Crippen molar-refractivity contribution < 1.29 is 13.2 Å². The summed E-state index contributed by atoms with van der Waals surface area (Å²) in [5.41, 5.74) is 3.07. The summed E-state index contributed by atoms with van der Waals surface area (Å²) < 4.78 is 23.3. The van der Waals surface area contributed by atoms with Gasteiger partial charge in [-0.2, -0.15) is 0 Å². The maximum absolute atomic E-state index is 11.7. The summed E-state index contributed by atoms with van der Waals surface area (Å²) in [5, 5.41) is 3.33. The molecule has 5 nitrogen and oxygen atoms in total. The van der Waals surface area contributed by atoms with Crippen LogP contribution in [0.5, 0.6) is 0 Å². The van der Waals surface area contributed by atoms with E-state index in [4.69, 9.17) is 0 Å². The van der Waals surface area contributed by atoms with Crippen LogP contribution in [0.1, 0.15) is 25.3 Å². The van der Waals surface area contributed by atoms with Crippen LogP contribution >= 0.6 is 0 Å². The van der Waals surface area contributed by atoms with Crippen LogP contribution in [-0.2, 0) is 21.1 Å². The van der Waals surface area contributed by atoms with Crippen molar-refractivity contribution >= 4 is 27.1 Å². The third-order valence-corrected chi connectivity index (χ3v) is 6.01. The molecule has 2 aliphatic heterocycles. The average Bonchev–Trinajstić information content (AvgIpc) is 2.80. The molecule has 1 N–H and O–H groups in total. The third-order valence-electron chi connectivity index (χ3n) is 4.19. The monoisotopic (exact) mass is 308 g/mol. The summed E-state index contributed by atoms with van der Waals surface area (Å²) in [7, 11) is -2.90. The lowest BCUT2D eigenvalue weighted by Crippen LogP contribution is -2.34. The van der Waals surface area contributed by atoms with Crippen LogP contribution in [-0.4, -0.2) is 38.4 Å². The summed E-state index contributed by atoms with van der Waals surface area (Å²) in [6, 6.07) is 5.91. The smallest absolute Gasteiger partial charge is 0.223 e. The molecule has 0 aromatic heterocycles. The zero-order valence-corrected chi connectivity index (χ0v) is 12.9. The van der Waals surface area contributed by atoms with Gasteiger partial charge in [0, 0.05) is 30.9 Å². The number of fused-ring (bicyclic) bond motifs is 1. The first kappa shape index (κ1) is 14.4. The first-order valence-corrected chi connectivity index (χ1v) is 9.15. The Morgan fingerprint density at radius 3 is 2.90 bits per heavy atom. The topological polar surface area (TPSA) is 66.5 Å². The summed E-state index contributed by atoms with van der Waals surface area (Å²) in [4.78, 5) is 13.3. The second-order valence-corrected chi connectivity index (χ2v) is 8.09. The molecular weight excluding hydrogens is 288 g/mol. The van der Waals surface area contributed by atoms with Gasteiger partial charge >= 0.3 is 0 Å². The van der Waals surface area contributed by atoms with E-state index in [1.807, 2.05) is 18.2 Å². The molecule has 3 rings (SSSR count). The second kappa shape index (κ2) is 5.33. The highest BCUT2D eigenvalue weighted by molar-refractivity contribution is 7.91. The third kappa shape index (κ3) is 3.05. The Balaban J connectivity index is 1.75. The van der Waals surface area contributed by atoms with E-state index >= 15 is 0 Å². The molecule has 2 aliphatic rings. The number of carbonyl (C=O) groups is 1. The van der Waals surface area contributed by atoms with Crippen molar-refractivity contribution in [3.8, 4) is 0 Å². The molecule has 1 aromatic rings. The summed E-state index contributed by atoms with van der Waals surface area (Å²) >= 11 is 0. The van der Waals surface area contributed by atoms with E-state index < -0.39 is 9.84 Å². The molecule has 1 fully saturated rings. The normalized spacial score (nSPS) is 23.7. The SMILES string of the molecule is CC(=O)N1CCc2cc(NC3CCCS(=O)(=O)C3)ccc21. The summed E-state index contributed by atoms with van der Waals surface area (Å²) in [5.74, 6) is 0.583. The van der Waals surface area contributed by atoms with Crippen molar-refractivity contribution in [3.63, 3.8) is 0 Å². The average molecular weight is 308 g/mol. The van der Waals surface area contributed by atoms with Crippen LogP contribution < -0.4 is 10.2 Å². The van der Waals surface area contributed by atoms with E-state index in [0.29, 0.717) is 5.75 Å². The lowest BCUT2D eigenvalue weighted by Gasteiger charge is -2.24. The van der Waals surface area contributed by atoms with Gasteiger partial charge in [-0.1, -0.05) is 0 Å². The number of nitrogens with zero attached hydrogens (tertiary/aromatic N) is 1. The zero-order chi connectivity index (χ0) is 15.0. The highest BCUT2D eigenvalue weighted by Gasteiger charge is 2.26. The lowest BCUT2D eigenvalue weighted by molar-refractivity contribution is -0.116. The van der Waals surface area contributed by atoms with Crippen LogP contribution in [0.4, 0.5) is 11.4 Å². The molecule has 2 heterocycles. The largest absolute Gasteiger partial charge is 0.381 e. The molecule has 1 saturated heterocycles. The first-order valence-electron chi connectivity index (χ1n) is 7.33. The van der Waals surface area contributed by atoms with E-state index in [-0.39, 0.29) is 17.7 Å². The molecule has 0 spiro atoms. The highest BCUT2D eigenvalue weighted by Crippen LogP contribution is 2.31. The summed E-state index contributed by atoms with van der Waals surface area (Å²) in [6.07, 6.45) is 2.46. The molecular formula is C15H20N2O3S. The standard InChI is InChI=1S/C15H20N2O3S/c1-11(18)17-7-6-12-9-13(4-5-15(12)17)16-14-3-2-8-21(19,20)10-14/h4-5,9,14,16H,2-3,6-8,10H2,1H3. The highest BCUT2D eigenvalue weighted by atomic mass is 32.2. The van der Waals surface area contributed by atoms with Crippen molar-refractivity contribution in [2.45, 2.75) is 32.2 Å². The Bertz CT molecular complexity index is 669. The van der Waals surface area contributed by atoms with Gasteiger partial charge in [-0.25, -0.2) is 8.42 Å². The molecule has 1 amide bonds. The van der Waals surface area contributed by atoms with Crippen molar-refractivity contribution in [2.24, 2.45) is 0 Å². The Morgan fingerprint density at radius 1 is 1.38 bits per heavy atom. The summed E-state index contributed by atoms with van der Waals surface area (Å²) in [6.45, 7) is 2.31. The van der Waals surface area contributed by atoms with E-state index in [1.165, 1.54) is 0 Å². The lowest BCUT2D eigenvalue weighted by atomic mass is 10.1. The molecule has 21 heavy (non-hydrogen) atoms. The van der Waals surface area contributed by atoms with Crippen molar-refractivity contribution in [1.82, 2.24) is 0 Å². The predicted octanol–water partition coefficient (Wildman–Crippen LogP) is 1.58. The molecule has 1 atom stereocenters. The first-order chi connectivity index (χ1) is 9.94. The number of hydrogen-bond donors (Lipinski definition) is 1. The van der Waals surface area contributed by atoms with E-state index in [2.05, 4.69) is 5.32 Å². The molecule has 0 saturated carbocycles. The van der Waals surface area contributed by atoms with E-state index in [1.54, 1.807) is 11.8 Å². The van der Waals surface area contributed by atoms with Crippen LogP contribution in [0.3, 0.4) is 0 Å². The Kier molecular flexibility index (Phi) is 3.65. The van der Waals surface area contributed by atoms with Crippen LogP contribution in [0.25, 0.3) is 0 Å². The minimum absolute atomic E-state index is 0.00730. The fourth-order valence-corrected chi connectivity index (χ4v) is 4.83. The minimum atomic E-state index is -2.90. The fourth-order valence-electron chi connectivity index (χ4n) is 3.19. The number of rotatable bonds is 2. The van der Waals surface area contributed by atoms with Crippen LogP contribution in [0, 0.1) is 0 Å². The van der Waals surface area contributed by atoms with Gasteiger partial charge in [0.25, 0.3) is 0 Å². The zero-order valence-electron chi connectivity index (χ0n) is 12.1. The van der Waals surface area contributed by atoms with Gasteiger partial charge < -0.3 is 10.2 Å². The molecule has 0 radical (unpaired) electrons. The van der Waals surface area contributed by atoms with Gasteiger partial charge in [0.05, 0.1) is 11.5 Å². The predicted molar refractivity (Wildman–Crippen MR) is 83.5 cm³/mol. The maximum atomic E-state index is 11.7. The molecule has 1 unspecified atom stereocenters. The molecule has 1 aromatic carbocycles. The second-order valence-electron chi connectivity index (χ2n) is 5.86. The van der Waals surface area contributed by atoms with Crippen molar-refractivity contribution in [3.05, 3.63) is 23.8 Å². The Hall–Kier alpha value is -1.56. The number of anilines is 2. The molecule has 114 valence electrons. The van der Waals surface area contributed by atoms with Gasteiger partial charge in [-0.15, -0.1) is 0 Å². The number of hydrogen-bond acceptors (Lipinski definition) is 4. The number of amides is 1. The molecule has 6 heteroatoms. The van der Waals surface area contributed by atoms with Gasteiger partial charge in [-0.3, -0.25) is 4.79 Å². The van der Waals surface area contributed by atoms with Crippen LogP contribution in [0.2, 0.25) is 0 Å². The van der Waals surface area contributed by atoms with Crippen LogP contribution in [0.15, 0.2) is 18.2 Å². The molecule has 0 aliphatic carbocycles. The molecule has 0 bridgehead atoms.